The van der Waals surface area contributed by atoms with E-state index in [4.69, 9.17) is 17.3 Å². The summed E-state index contributed by atoms with van der Waals surface area (Å²) in [5.74, 6) is -0.303. The molecule has 1 rings (SSSR count). The molecule has 0 atom stereocenters. The summed E-state index contributed by atoms with van der Waals surface area (Å²) in [6.45, 7) is 0.104. The Kier molecular flexibility index (Phi) is 6.11. The summed E-state index contributed by atoms with van der Waals surface area (Å²) in [6.07, 6.45) is 0.204. The molecular weight excluding hydrogens is 288 g/mol. The minimum Gasteiger partial charge on any atom is -0.399 e. The zero-order chi connectivity index (χ0) is 14.3. The number of carbonyl (C=O) groups is 1. The number of nitrogen functional groups attached to an aromatic ring is 1. The van der Waals surface area contributed by atoms with Crippen LogP contribution >= 0.6 is 11.6 Å². The zero-order valence-corrected chi connectivity index (χ0v) is 12.0. The van der Waals surface area contributed by atoms with Gasteiger partial charge in [0, 0.05) is 18.1 Å². The van der Waals surface area contributed by atoms with Gasteiger partial charge in [0.2, 0.25) is 5.91 Å². The molecule has 0 radical (unpaired) electrons. The fourth-order valence-corrected chi connectivity index (χ4v) is 3.01. The van der Waals surface area contributed by atoms with Crippen molar-refractivity contribution in [2.75, 3.05) is 29.7 Å². The van der Waals surface area contributed by atoms with Gasteiger partial charge in [0.05, 0.1) is 17.9 Å². The third-order valence-electron chi connectivity index (χ3n) is 2.47. The second-order valence-electron chi connectivity index (χ2n) is 4.11. The van der Waals surface area contributed by atoms with Crippen molar-refractivity contribution in [3.63, 3.8) is 0 Å². The maximum Gasteiger partial charge on any atom is 0.224 e. The van der Waals surface area contributed by atoms with Crippen molar-refractivity contribution >= 4 is 33.0 Å². The van der Waals surface area contributed by atoms with Crippen LogP contribution in [0.15, 0.2) is 24.3 Å². The third-order valence-corrected chi connectivity index (χ3v) is 4.53. The topological polar surface area (TPSA) is 89.3 Å². The fourth-order valence-electron chi connectivity index (χ4n) is 1.45. The smallest absolute Gasteiger partial charge is 0.224 e. The number of nitrogens with one attached hydrogen (secondary N) is 1. The van der Waals surface area contributed by atoms with Gasteiger partial charge in [-0.3, -0.25) is 4.79 Å². The molecule has 0 aliphatic carbocycles. The first-order chi connectivity index (χ1) is 8.93. The number of hydrogen-bond donors (Lipinski definition) is 2. The second kappa shape index (κ2) is 7.35. The molecule has 0 aliphatic heterocycles. The van der Waals surface area contributed by atoms with E-state index in [9.17, 15) is 13.2 Å². The second-order valence-corrected chi connectivity index (χ2v) is 6.79. The summed E-state index contributed by atoms with van der Waals surface area (Å²) < 4.78 is 22.7. The lowest BCUT2D eigenvalue weighted by atomic mass is 10.1. The minimum absolute atomic E-state index is 0.0671. The SMILES string of the molecule is Nc1ccc(CC(=O)NCCS(=O)(=O)CCCl)cc1. The molecule has 106 valence electrons. The standard InChI is InChI=1S/C12H17ClN2O3S/c13-5-7-19(17,18)8-6-15-12(16)9-10-1-3-11(14)4-2-10/h1-4H,5-9,14H2,(H,15,16). The van der Waals surface area contributed by atoms with Crippen molar-refractivity contribution in [3.05, 3.63) is 29.8 Å². The van der Waals surface area contributed by atoms with Crippen LogP contribution in [0.2, 0.25) is 0 Å². The molecule has 3 N–H and O–H groups in total. The summed E-state index contributed by atoms with van der Waals surface area (Å²) in [5, 5.41) is 2.57. The van der Waals surface area contributed by atoms with Crippen molar-refractivity contribution in [2.45, 2.75) is 6.42 Å². The average molecular weight is 305 g/mol. The number of halogens is 1. The molecule has 0 saturated heterocycles. The highest BCUT2D eigenvalue weighted by Gasteiger charge is 2.10. The van der Waals surface area contributed by atoms with Crippen LogP contribution in [0.4, 0.5) is 5.69 Å². The lowest BCUT2D eigenvalue weighted by Gasteiger charge is -2.06. The highest BCUT2D eigenvalue weighted by molar-refractivity contribution is 7.91. The molecule has 7 heteroatoms. The number of nitrogens with two attached hydrogens (primary N) is 1. The Morgan fingerprint density at radius 2 is 1.84 bits per heavy atom. The Labute approximate surface area is 118 Å². The number of rotatable bonds is 7. The number of amides is 1. The van der Waals surface area contributed by atoms with E-state index in [0.717, 1.165) is 5.56 Å². The first-order valence-corrected chi connectivity index (χ1v) is 8.16. The Morgan fingerprint density at radius 3 is 2.42 bits per heavy atom. The predicted octanol–water partition coefficient (Wildman–Crippen LogP) is 0.581. The van der Waals surface area contributed by atoms with Crippen LogP contribution in [0.5, 0.6) is 0 Å². The van der Waals surface area contributed by atoms with Crippen LogP contribution < -0.4 is 11.1 Å². The normalized spacial score (nSPS) is 11.2. The van der Waals surface area contributed by atoms with E-state index in [1.807, 2.05) is 0 Å². The quantitative estimate of drug-likeness (QED) is 0.569. The molecule has 1 amide bonds. The maximum atomic E-state index is 11.6. The summed E-state index contributed by atoms with van der Waals surface area (Å²) >= 11 is 5.37. The van der Waals surface area contributed by atoms with Gasteiger partial charge in [0.1, 0.15) is 0 Å². The number of carbonyl (C=O) groups excluding carboxylic acids is 1. The van der Waals surface area contributed by atoms with Gasteiger partial charge >= 0.3 is 0 Å². The van der Waals surface area contributed by atoms with Gasteiger partial charge in [-0.25, -0.2) is 8.42 Å². The summed E-state index contributed by atoms with van der Waals surface area (Å²) in [7, 11) is -3.17. The van der Waals surface area contributed by atoms with Gasteiger partial charge in [-0.05, 0) is 17.7 Å². The molecule has 0 bridgehead atoms. The lowest BCUT2D eigenvalue weighted by molar-refractivity contribution is -0.120. The van der Waals surface area contributed by atoms with Gasteiger partial charge in [-0.2, -0.15) is 0 Å². The zero-order valence-electron chi connectivity index (χ0n) is 10.4. The van der Waals surface area contributed by atoms with Crippen LogP contribution in [0.25, 0.3) is 0 Å². The molecule has 0 heterocycles. The highest BCUT2D eigenvalue weighted by Crippen LogP contribution is 2.05. The van der Waals surface area contributed by atoms with Crippen LogP contribution in [0, 0.1) is 0 Å². The largest absolute Gasteiger partial charge is 0.399 e. The van der Waals surface area contributed by atoms with Crippen molar-refractivity contribution in [1.82, 2.24) is 5.32 Å². The van der Waals surface area contributed by atoms with E-state index in [1.54, 1.807) is 24.3 Å². The molecule has 1 aromatic carbocycles. The van der Waals surface area contributed by atoms with Crippen LogP contribution in [0.1, 0.15) is 5.56 Å². The molecule has 0 spiro atoms. The minimum atomic E-state index is -3.17. The van der Waals surface area contributed by atoms with Crippen molar-refractivity contribution in [3.8, 4) is 0 Å². The Balaban J connectivity index is 2.34. The lowest BCUT2D eigenvalue weighted by Crippen LogP contribution is -2.31. The van der Waals surface area contributed by atoms with Gasteiger partial charge in [-0.15, -0.1) is 11.6 Å². The number of alkyl halides is 1. The Hall–Kier alpha value is -1.27. The van der Waals surface area contributed by atoms with E-state index in [2.05, 4.69) is 5.32 Å². The molecular formula is C12H17ClN2O3S. The van der Waals surface area contributed by atoms with E-state index in [1.165, 1.54) is 0 Å². The molecule has 0 aromatic heterocycles. The van der Waals surface area contributed by atoms with E-state index in [-0.39, 0.29) is 36.3 Å². The maximum absolute atomic E-state index is 11.6. The fraction of sp³-hybridized carbons (Fsp3) is 0.417. The monoisotopic (exact) mass is 304 g/mol. The van der Waals surface area contributed by atoms with Crippen LogP contribution in [-0.4, -0.2) is 38.3 Å². The summed E-state index contributed by atoms with van der Waals surface area (Å²) in [6, 6.07) is 6.96. The molecule has 19 heavy (non-hydrogen) atoms. The molecule has 1 aromatic rings. The molecule has 0 unspecified atom stereocenters. The first-order valence-electron chi connectivity index (χ1n) is 5.80. The van der Waals surface area contributed by atoms with E-state index >= 15 is 0 Å². The van der Waals surface area contributed by atoms with Crippen LogP contribution in [-0.2, 0) is 21.1 Å². The molecule has 0 saturated carbocycles. The number of hydrogen-bond acceptors (Lipinski definition) is 4. The van der Waals surface area contributed by atoms with Gasteiger partial charge in [0.15, 0.2) is 9.84 Å². The number of anilines is 1. The van der Waals surface area contributed by atoms with Crippen molar-refractivity contribution in [2.24, 2.45) is 0 Å². The van der Waals surface area contributed by atoms with Crippen molar-refractivity contribution in [1.29, 1.82) is 0 Å². The van der Waals surface area contributed by atoms with Crippen molar-refractivity contribution < 1.29 is 13.2 Å². The third kappa shape index (κ3) is 6.45. The first kappa shape index (κ1) is 15.8. The predicted molar refractivity (Wildman–Crippen MR) is 76.9 cm³/mol. The van der Waals surface area contributed by atoms with E-state index in [0.29, 0.717) is 5.69 Å². The van der Waals surface area contributed by atoms with Crippen LogP contribution in [0.3, 0.4) is 0 Å². The summed E-state index contributed by atoms with van der Waals surface area (Å²) in [5.41, 5.74) is 7.00. The van der Waals surface area contributed by atoms with Gasteiger partial charge in [0.25, 0.3) is 0 Å². The summed E-state index contributed by atoms with van der Waals surface area (Å²) in [4.78, 5) is 11.6. The number of benzene rings is 1. The van der Waals surface area contributed by atoms with E-state index < -0.39 is 9.84 Å². The average Bonchev–Trinajstić information content (AvgIpc) is 2.31. The Morgan fingerprint density at radius 1 is 1.21 bits per heavy atom. The number of sulfone groups is 1. The Bertz CT molecular complexity index is 514. The van der Waals surface area contributed by atoms with Gasteiger partial charge in [-0.1, -0.05) is 12.1 Å². The molecule has 0 aliphatic rings. The molecule has 0 fully saturated rings. The highest BCUT2D eigenvalue weighted by atomic mass is 35.5. The van der Waals surface area contributed by atoms with Gasteiger partial charge < -0.3 is 11.1 Å². The molecule has 5 nitrogen and oxygen atoms in total.